The fraction of sp³-hybridized carbons (Fsp3) is 0.250. The highest BCUT2D eigenvalue weighted by atomic mass is 32.2. The lowest BCUT2D eigenvalue weighted by atomic mass is 10.1. The van der Waals surface area contributed by atoms with E-state index in [1.807, 2.05) is 0 Å². The summed E-state index contributed by atoms with van der Waals surface area (Å²) in [7, 11) is -4.12. The summed E-state index contributed by atoms with van der Waals surface area (Å²) in [6.45, 7) is 4.87. The van der Waals surface area contributed by atoms with Crippen molar-refractivity contribution in [3.63, 3.8) is 0 Å². The fourth-order valence-corrected chi connectivity index (χ4v) is 3.03. The van der Waals surface area contributed by atoms with Crippen LogP contribution in [0.2, 0.25) is 0 Å². The van der Waals surface area contributed by atoms with Gasteiger partial charge in [-0.15, -0.1) is 0 Å². The maximum Gasteiger partial charge on any atom is 0.336 e. The van der Waals surface area contributed by atoms with Crippen LogP contribution in [0.4, 0.5) is 4.39 Å². The first-order chi connectivity index (χ1) is 9.23. The summed E-state index contributed by atoms with van der Waals surface area (Å²) < 4.78 is 38.8. The molecular formula is C12H12FNO5S. The molecular weight excluding hydrogens is 289 g/mol. The van der Waals surface area contributed by atoms with Gasteiger partial charge in [-0.05, 0) is 30.2 Å². The predicted molar refractivity (Wildman–Crippen MR) is 67.1 cm³/mol. The molecule has 0 unspecified atom stereocenters. The first-order valence-corrected chi connectivity index (χ1v) is 7.03. The second-order valence-corrected chi connectivity index (χ2v) is 6.20. The number of carboxylic acids is 1. The Kier molecular flexibility index (Phi) is 3.63. The maximum absolute atomic E-state index is 13.7. The van der Waals surface area contributed by atoms with Gasteiger partial charge in [0.05, 0.1) is 23.6 Å². The lowest BCUT2D eigenvalue weighted by Crippen LogP contribution is -2.27. The summed E-state index contributed by atoms with van der Waals surface area (Å²) in [6, 6.07) is 1.70. The molecule has 0 atom stereocenters. The van der Waals surface area contributed by atoms with Gasteiger partial charge in [0.1, 0.15) is 5.82 Å². The van der Waals surface area contributed by atoms with Crippen LogP contribution in [0.25, 0.3) is 0 Å². The number of halogens is 1. The molecule has 1 aromatic rings. The Labute approximate surface area is 115 Å². The van der Waals surface area contributed by atoms with Gasteiger partial charge in [0.25, 0.3) is 10.0 Å². The molecule has 1 N–H and O–H groups in total. The van der Waals surface area contributed by atoms with Crippen LogP contribution in [0.15, 0.2) is 29.2 Å². The maximum atomic E-state index is 13.7. The average Bonchev–Trinajstić information content (AvgIpc) is 2.79. The van der Waals surface area contributed by atoms with Gasteiger partial charge in [-0.3, -0.25) is 4.84 Å². The molecule has 1 aliphatic heterocycles. The van der Waals surface area contributed by atoms with Crippen LogP contribution < -0.4 is 0 Å². The van der Waals surface area contributed by atoms with E-state index in [1.165, 1.54) is 6.92 Å². The van der Waals surface area contributed by atoms with E-state index < -0.39 is 32.3 Å². The van der Waals surface area contributed by atoms with Gasteiger partial charge in [-0.2, -0.15) is 0 Å². The minimum absolute atomic E-state index is 0.0414. The zero-order chi connectivity index (χ0) is 15.1. The van der Waals surface area contributed by atoms with Crippen molar-refractivity contribution in [1.29, 1.82) is 0 Å². The van der Waals surface area contributed by atoms with Crippen LogP contribution in [-0.2, 0) is 14.9 Å². The highest BCUT2D eigenvalue weighted by molar-refractivity contribution is 7.89. The van der Waals surface area contributed by atoms with E-state index in [-0.39, 0.29) is 18.7 Å². The summed E-state index contributed by atoms with van der Waals surface area (Å²) in [6.07, 6.45) is 0. The van der Waals surface area contributed by atoms with Crippen LogP contribution in [-0.4, -0.2) is 37.1 Å². The van der Waals surface area contributed by atoms with Crippen LogP contribution >= 0.6 is 0 Å². The summed E-state index contributed by atoms with van der Waals surface area (Å²) in [4.78, 5) is 15.5. The van der Waals surface area contributed by atoms with E-state index >= 15 is 0 Å². The Morgan fingerprint density at radius 2 is 2.15 bits per heavy atom. The Hall–Kier alpha value is -1.77. The van der Waals surface area contributed by atoms with Gasteiger partial charge >= 0.3 is 5.97 Å². The molecule has 0 spiro atoms. The molecule has 1 aromatic carbocycles. The van der Waals surface area contributed by atoms with Crippen molar-refractivity contribution in [2.45, 2.75) is 11.8 Å². The largest absolute Gasteiger partial charge is 0.478 e. The van der Waals surface area contributed by atoms with E-state index in [9.17, 15) is 17.6 Å². The number of benzene rings is 1. The van der Waals surface area contributed by atoms with Crippen LogP contribution in [0.3, 0.4) is 0 Å². The Morgan fingerprint density at radius 1 is 1.50 bits per heavy atom. The molecule has 0 amide bonds. The summed E-state index contributed by atoms with van der Waals surface area (Å²) in [5.74, 6) is -2.30. The molecule has 0 bridgehead atoms. The van der Waals surface area contributed by atoms with Crippen molar-refractivity contribution < 1.29 is 27.5 Å². The van der Waals surface area contributed by atoms with Gasteiger partial charge < -0.3 is 5.11 Å². The van der Waals surface area contributed by atoms with E-state index in [1.54, 1.807) is 0 Å². The second-order valence-electron chi connectivity index (χ2n) is 4.37. The third-order valence-electron chi connectivity index (χ3n) is 2.88. The molecule has 0 aliphatic carbocycles. The van der Waals surface area contributed by atoms with Crippen LogP contribution in [0.5, 0.6) is 0 Å². The summed E-state index contributed by atoms with van der Waals surface area (Å²) in [5.41, 5.74) is 0.0319. The smallest absolute Gasteiger partial charge is 0.336 e. The number of hydrogen-bond donors (Lipinski definition) is 1. The summed E-state index contributed by atoms with van der Waals surface area (Å²) in [5, 5.41) is 8.97. The molecule has 0 aromatic heterocycles. The average molecular weight is 301 g/mol. The van der Waals surface area contributed by atoms with Crippen molar-refractivity contribution in [3.8, 4) is 0 Å². The number of rotatable bonds is 3. The number of hydroxylamine groups is 1. The van der Waals surface area contributed by atoms with Crippen molar-refractivity contribution in [2.24, 2.45) is 0 Å². The van der Waals surface area contributed by atoms with E-state index in [2.05, 4.69) is 6.58 Å². The fourth-order valence-electron chi connectivity index (χ4n) is 1.73. The summed E-state index contributed by atoms with van der Waals surface area (Å²) >= 11 is 0. The molecule has 1 aliphatic rings. The number of nitrogens with zero attached hydrogens (tertiary/aromatic N) is 1. The molecule has 0 saturated carbocycles. The van der Waals surface area contributed by atoms with Crippen molar-refractivity contribution >= 4 is 16.0 Å². The van der Waals surface area contributed by atoms with Gasteiger partial charge in [0.15, 0.2) is 0 Å². The molecule has 6 nitrogen and oxygen atoms in total. The van der Waals surface area contributed by atoms with Crippen LogP contribution in [0, 0.1) is 12.7 Å². The van der Waals surface area contributed by atoms with Gasteiger partial charge in [-0.25, -0.2) is 17.6 Å². The lowest BCUT2D eigenvalue weighted by Gasteiger charge is -2.15. The highest BCUT2D eigenvalue weighted by Gasteiger charge is 2.32. The first-order valence-electron chi connectivity index (χ1n) is 5.59. The van der Waals surface area contributed by atoms with Crippen LogP contribution in [0.1, 0.15) is 15.9 Å². The second kappa shape index (κ2) is 4.97. The van der Waals surface area contributed by atoms with Gasteiger partial charge in [-0.1, -0.05) is 11.0 Å². The van der Waals surface area contributed by atoms with Crippen molar-refractivity contribution in [2.75, 3.05) is 13.2 Å². The molecule has 20 heavy (non-hydrogen) atoms. The minimum atomic E-state index is -4.12. The van der Waals surface area contributed by atoms with Gasteiger partial charge in [0.2, 0.25) is 0 Å². The highest BCUT2D eigenvalue weighted by Crippen LogP contribution is 2.25. The minimum Gasteiger partial charge on any atom is -0.478 e. The molecule has 2 rings (SSSR count). The Bertz CT molecular complexity index is 698. The monoisotopic (exact) mass is 301 g/mol. The molecule has 8 heteroatoms. The SMILES string of the molecule is C=C1CON(S(=O)(=O)c2cc(F)c(C)c(C(=O)O)c2)C1. The molecule has 1 saturated heterocycles. The number of hydrogen-bond acceptors (Lipinski definition) is 4. The third kappa shape index (κ3) is 2.45. The predicted octanol–water partition coefficient (Wildman–Crippen LogP) is 1.32. The zero-order valence-electron chi connectivity index (χ0n) is 10.6. The number of carboxylic acid groups (broad SMARTS) is 1. The topological polar surface area (TPSA) is 83.9 Å². The third-order valence-corrected chi connectivity index (χ3v) is 4.48. The lowest BCUT2D eigenvalue weighted by molar-refractivity contribution is -0.0276. The van der Waals surface area contributed by atoms with E-state index in [0.29, 0.717) is 10.0 Å². The molecule has 108 valence electrons. The quantitative estimate of drug-likeness (QED) is 0.851. The Morgan fingerprint density at radius 3 is 2.65 bits per heavy atom. The normalized spacial score (nSPS) is 16.6. The molecule has 1 heterocycles. The zero-order valence-corrected chi connectivity index (χ0v) is 11.4. The standard InChI is InChI=1S/C12H12FNO5S/c1-7-5-14(19-6-7)20(17,18)9-3-10(12(15)16)8(2)11(13)4-9/h3-4H,1,5-6H2,2H3,(H,15,16). The molecule has 1 fully saturated rings. The number of carbonyl (C=O) groups is 1. The van der Waals surface area contributed by atoms with E-state index in [0.717, 1.165) is 12.1 Å². The van der Waals surface area contributed by atoms with Crippen molar-refractivity contribution in [3.05, 3.63) is 41.2 Å². The van der Waals surface area contributed by atoms with E-state index in [4.69, 9.17) is 9.94 Å². The van der Waals surface area contributed by atoms with Gasteiger partial charge in [0, 0.05) is 0 Å². The van der Waals surface area contributed by atoms with Crippen molar-refractivity contribution in [1.82, 2.24) is 4.47 Å². The molecule has 0 radical (unpaired) electrons. The number of sulfonamides is 1. The Balaban J connectivity index is 2.52. The first kappa shape index (κ1) is 14.6. The number of aromatic carboxylic acids is 1.